The molecule has 0 atom stereocenters. The van der Waals surface area contributed by atoms with E-state index in [1.807, 2.05) is 6.07 Å². The molecule has 0 saturated carbocycles. The number of nitrogens with zero attached hydrogens (tertiary/aromatic N) is 1. The summed E-state index contributed by atoms with van der Waals surface area (Å²) in [6, 6.07) is 4.12. The minimum absolute atomic E-state index is 0.148. The van der Waals surface area contributed by atoms with Crippen molar-refractivity contribution in [3.8, 4) is 0 Å². The van der Waals surface area contributed by atoms with E-state index in [4.69, 9.17) is 0 Å². The van der Waals surface area contributed by atoms with E-state index in [1.54, 1.807) is 16.2 Å². The van der Waals surface area contributed by atoms with E-state index in [-0.39, 0.29) is 6.54 Å². The molecule has 1 rings (SSSR count). The fraction of sp³-hybridized carbons (Fsp3) is 0.636. The van der Waals surface area contributed by atoms with Crippen molar-refractivity contribution >= 4 is 27.3 Å². The molecule has 92 valence electrons. The van der Waals surface area contributed by atoms with Crippen LogP contribution in [0.2, 0.25) is 0 Å². The van der Waals surface area contributed by atoms with Gasteiger partial charge >= 0.3 is 0 Å². The van der Waals surface area contributed by atoms with Gasteiger partial charge in [0.05, 0.1) is 6.54 Å². The average Bonchev–Trinajstić information content (AvgIpc) is 2.65. The molecule has 1 heterocycles. The molecule has 0 bridgehead atoms. The number of alkyl halides is 3. The summed E-state index contributed by atoms with van der Waals surface area (Å²) in [6.45, 7) is 3.24. The van der Waals surface area contributed by atoms with Gasteiger partial charge in [0, 0.05) is 28.2 Å². The molecule has 0 amide bonds. The van der Waals surface area contributed by atoms with Gasteiger partial charge in [-0.15, -0.1) is 11.3 Å². The Hall–Kier alpha value is -0.0000000000000000833. The van der Waals surface area contributed by atoms with E-state index in [0.717, 1.165) is 11.8 Å². The summed E-state index contributed by atoms with van der Waals surface area (Å²) in [5.74, 6) is 0. The second kappa shape index (κ2) is 7.35. The van der Waals surface area contributed by atoms with Crippen LogP contribution >= 0.6 is 27.3 Å². The van der Waals surface area contributed by atoms with Crippen LogP contribution in [0.1, 0.15) is 16.7 Å². The van der Waals surface area contributed by atoms with Gasteiger partial charge in [-0.25, -0.2) is 8.78 Å². The van der Waals surface area contributed by atoms with Crippen LogP contribution in [-0.2, 0) is 13.0 Å². The number of hydrogen-bond donors (Lipinski definition) is 0. The van der Waals surface area contributed by atoms with Crippen LogP contribution in [0, 0.1) is 0 Å². The second-order valence-corrected chi connectivity index (χ2v) is 5.58. The van der Waals surface area contributed by atoms with Gasteiger partial charge in [-0.2, -0.15) is 0 Å². The highest BCUT2D eigenvalue weighted by Gasteiger charge is 2.12. The van der Waals surface area contributed by atoms with E-state index < -0.39 is 6.43 Å². The van der Waals surface area contributed by atoms with Crippen LogP contribution in [-0.4, -0.2) is 29.7 Å². The summed E-state index contributed by atoms with van der Waals surface area (Å²) in [6.07, 6.45) is -1.25. The van der Waals surface area contributed by atoms with Crippen LogP contribution in [0.15, 0.2) is 12.1 Å². The van der Waals surface area contributed by atoms with Crippen LogP contribution in [0.25, 0.3) is 0 Å². The fourth-order valence-electron chi connectivity index (χ4n) is 1.47. The summed E-state index contributed by atoms with van der Waals surface area (Å²) in [5, 5.41) is 0.728. The quantitative estimate of drug-likeness (QED) is 0.693. The van der Waals surface area contributed by atoms with Crippen molar-refractivity contribution in [1.82, 2.24) is 4.90 Å². The molecule has 0 N–H and O–H groups in total. The molecule has 0 aromatic carbocycles. The van der Waals surface area contributed by atoms with Crippen LogP contribution < -0.4 is 0 Å². The van der Waals surface area contributed by atoms with Crippen molar-refractivity contribution in [1.29, 1.82) is 0 Å². The van der Waals surface area contributed by atoms with Gasteiger partial charge in [-0.05, 0) is 18.6 Å². The lowest BCUT2D eigenvalue weighted by atomic mass is 10.3. The maximum Gasteiger partial charge on any atom is 0.251 e. The summed E-state index contributed by atoms with van der Waals surface area (Å²) in [7, 11) is 0. The number of hydrogen-bond acceptors (Lipinski definition) is 2. The van der Waals surface area contributed by atoms with Crippen LogP contribution in [0.4, 0.5) is 8.78 Å². The topological polar surface area (TPSA) is 3.24 Å². The van der Waals surface area contributed by atoms with Gasteiger partial charge in [0.1, 0.15) is 0 Å². The molecule has 1 aromatic rings. The number of halogens is 3. The summed E-state index contributed by atoms with van der Waals surface area (Å²) < 4.78 is 24.7. The third-order valence-corrected chi connectivity index (χ3v) is 3.81. The molecule has 0 spiro atoms. The van der Waals surface area contributed by atoms with E-state index >= 15 is 0 Å². The molecule has 0 saturated heterocycles. The lowest BCUT2D eigenvalue weighted by Crippen LogP contribution is -2.29. The Bertz CT molecular complexity index is 304. The Balaban J connectivity index is 2.52. The Labute approximate surface area is 108 Å². The van der Waals surface area contributed by atoms with Gasteiger partial charge < -0.3 is 0 Å². The first-order valence-electron chi connectivity index (χ1n) is 5.29. The molecule has 0 aliphatic heterocycles. The maximum atomic E-state index is 12.3. The number of aryl methyl sites for hydroxylation is 1. The fourth-order valence-corrected chi connectivity index (χ4v) is 2.97. The molecule has 0 aliphatic rings. The van der Waals surface area contributed by atoms with E-state index in [1.165, 1.54) is 9.75 Å². The summed E-state index contributed by atoms with van der Waals surface area (Å²) in [4.78, 5) is 4.26. The number of rotatable bonds is 7. The third-order valence-electron chi connectivity index (χ3n) is 2.24. The molecule has 1 aromatic heterocycles. The average molecular weight is 312 g/mol. The van der Waals surface area contributed by atoms with Gasteiger partial charge in [0.15, 0.2) is 0 Å². The molecular formula is C11H16BrF2NS. The Morgan fingerprint density at radius 3 is 2.56 bits per heavy atom. The molecule has 0 unspecified atom stereocenters. The zero-order chi connectivity index (χ0) is 12.0. The zero-order valence-electron chi connectivity index (χ0n) is 9.26. The molecule has 5 heteroatoms. The van der Waals surface area contributed by atoms with Crippen molar-refractivity contribution in [3.05, 3.63) is 21.9 Å². The van der Waals surface area contributed by atoms with Crippen LogP contribution in [0.5, 0.6) is 0 Å². The summed E-state index contributed by atoms with van der Waals surface area (Å²) >= 11 is 5.00. The third kappa shape index (κ3) is 4.89. The minimum Gasteiger partial charge on any atom is -0.292 e. The molecule has 0 fully saturated rings. The van der Waals surface area contributed by atoms with Crippen molar-refractivity contribution in [2.45, 2.75) is 26.3 Å². The molecular weight excluding hydrogens is 296 g/mol. The smallest absolute Gasteiger partial charge is 0.251 e. The van der Waals surface area contributed by atoms with E-state index in [2.05, 4.69) is 28.9 Å². The highest BCUT2D eigenvalue weighted by molar-refractivity contribution is 9.09. The SMILES string of the molecule is CCc1ccc(CN(CCBr)CC(F)F)s1. The molecule has 1 nitrogen and oxygen atoms in total. The highest BCUT2D eigenvalue weighted by atomic mass is 79.9. The first-order chi connectivity index (χ1) is 7.65. The first-order valence-corrected chi connectivity index (χ1v) is 7.23. The zero-order valence-corrected chi connectivity index (χ0v) is 11.7. The van der Waals surface area contributed by atoms with Crippen molar-refractivity contribution in [2.75, 3.05) is 18.4 Å². The minimum atomic E-state index is -2.26. The van der Waals surface area contributed by atoms with Crippen molar-refractivity contribution in [3.63, 3.8) is 0 Å². The van der Waals surface area contributed by atoms with Gasteiger partial charge in [0.2, 0.25) is 0 Å². The Kier molecular flexibility index (Phi) is 6.46. The number of thiophene rings is 1. The summed E-state index contributed by atoms with van der Waals surface area (Å²) in [5.41, 5.74) is 0. The van der Waals surface area contributed by atoms with Gasteiger partial charge in [0.25, 0.3) is 6.43 Å². The standard InChI is InChI=1S/C11H16BrF2NS/c1-2-9-3-4-10(16-9)7-15(6-5-12)8-11(13)14/h3-4,11H,2,5-8H2,1H3. The first kappa shape index (κ1) is 14.1. The molecule has 0 radical (unpaired) electrons. The molecule has 16 heavy (non-hydrogen) atoms. The lowest BCUT2D eigenvalue weighted by Gasteiger charge is -2.19. The van der Waals surface area contributed by atoms with Crippen LogP contribution in [0.3, 0.4) is 0 Å². The van der Waals surface area contributed by atoms with Crippen molar-refractivity contribution in [2.24, 2.45) is 0 Å². The highest BCUT2D eigenvalue weighted by Crippen LogP contribution is 2.19. The predicted octanol–water partition coefficient (Wildman–Crippen LogP) is 3.77. The van der Waals surface area contributed by atoms with E-state index in [0.29, 0.717) is 13.1 Å². The second-order valence-electron chi connectivity index (χ2n) is 3.54. The molecule has 0 aliphatic carbocycles. The van der Waals surface area contributed by atoms with E-state index in [9.17, 15) is 8.78 Å². The Morgan fingerprint density at radius 1 is 1.38 bits per heavy atom. The predicted molar refractivity (Wildman–Crippen MR) is 68.8 cm³/mol. The van der Waals surface area contributed by atoms with Gasteiger partial charge in [-0.1, -0.05) is 22.9 Å². The maximum absolute atomic E-state index is 12.3. The van der Waals surface area contributed by atoms with Crippen molar-refractivity contribution < 1.29 is 8.78 Å². The largest absolute Gasteiger partial charge is 0.292 e. The Morgan fingerprint density at radius 2 is 2.06 bits per heavy atom. The van der Waals surface area contributed by atoms with Gasteiger partial charge in [-0.3, -0.25) is 4.90 Å². The monoisotopic (exact) mass is 311 g/mol. The lowest BCUT2D eigenvalue weighted by molar-refractivity contribution is 0.0886. The normalized spacial score (nSPS) is 11.6.